The molecule has 22 heavy (non-hydrogen) atoms. The summed E-state index contributed by atoms with van der Waals surface area (Å²) in [6, 6.07) is 11.5. The third-order valence-electron chi connectivity index (χ3n) is 2.89. The minimum atomic E-state index is -0.502. The van der Waals surface area contributed by atoms with Crippen LogP contribution in [0.2, 0.25) is 0 Å². The smallest absolute Gasteiger partial charge is 0.270 e. The molecule has 0 bridgehead atoms. The van der Waals surface area contributed by atoms with Crippen LogP contribution in [0.15, 0.2) is 46.9 Å². The molecule has 2 aromatic carbocycles. The van der Waals surface area contributed by atoms with E-state index in [1.54, 1.807) is 6.07 Å². The summed E-state index contributed by atoms with van der Waals surface area (Å²) in [4.78, 5) is 22.0. The maximum Gasteiger partial charge on any atom is 0.270 e. The lowest BCUT2D eigenvalue weighted by atomic mass is 10.2. The molecule has 0 aliphatic carbocycles. The van der Waals surface area contributed by atoms with Crippen LogP contribution in [0, 0.1) is 17.0 Å². The largest absolute Gasteiger partial charge is 0.483 e. The number of aryl methyl sites for hydroxylation is 1. The van der Waals surface area contributed by atoms with Crippen molar-refractivity contribution in [1.82, 2.24) is 0 Å². The Morgan fingerprint density at radius 3 is 2.68 bits per heavy atom. The molecule has 1 N–H and O–H groups in total. The predicted octanol–water partition coefficient (Wildman–Crippen LogP) is 3.68. The molecule has 0 saturated carbocycles. The fourth-order valence-corrected chi connectivity index (χ4v) is 2.23. The third kappa shape index (κ3) is 4.05. The number of nitro groups is 1. The second-order valence-electron chi connectivity index (χ2n) is 4.52. The topological polar surface area (TPSA) is 81.5 Å². The number of carbonyl (C=O) groups is 1. The van der Waals surface area contributed by atoms with Crippen molar-refractivity contribution in [1.29, 1.82) is 0 Å². The molecular formula is C15H13BrN2O4. The SMILES string of the molecule is Cc1ccccc1OCC(=O)Nc1ccc([N+](=O)[O-])cc1Br. The minimum absolute atomic E-state index is 0.0546. The molecule has 7 heteroatoms. The summed E-state index contributed by atoms with van der Waals surface area (Å²) < 4.78 is 5.87. The number of benzene rings is 2. The Bertz CT molecular complexity index is 718. The van der Waals surface area contributed by atoms with E-state index in [1.807, 2.05) is 25.1 Å². The Kier molecular flexibility index (Phi) is 5.11. The van der Waals surface area contributed by atoms with E-state index >= 15 is 0 Å². The highest BCUT2D eigenvalue weighted by molar-refractivity contribution is 9.10. The van der Waals surface area contributed by atoms with Gasteiger partial charge in [0.2, 0.25) is 0 Å². The van der Waals surface area contributed by atoms with Crippen molar-refractivity contribution in [2.45, 2.75) is 6.92 Å². The quantitative estimate of drug-likeness (QED) is 0.647. The lowest BCUT2D eigenvalue weighted by Gasteiger charge is -2.10. The van der Waals surface area contributed by atoms with Gasteiger partial charge in [0.25, 0.3) is 11.6 Å². The van der Waals surface area contributed by atoms with Crippen molar-refractivity contribution >= 4 is 33.2 Å². The number of hydrogen-bond acceptors (Lipinski definition) is 4. The molecule has 114 valence electrons. The predicted molar refractivity (Wildman–Crippen MR) is 86.1 cm³/mol. The molecule has 0 radical (unpaired) electrons. The van der Waals surface area contributed by atoms with E-state index in [9.17, 15) is 14.9 Å². The number of rotatable bonds is 5. The van der Waals surface area contributed by atoms with Crippen molar-refractivity contribution in [3.63, 3.8) is 0 Å². The van der Waals surface area contributed by atoms with Crippen LogP contribution < -0.4 is 10.1 Å². The Balaban J connectivity index is 1.98. The average molecular weight is 365 g/mol. The zero-order chi connectivity index (χ0) is 16.1. The second-order valence-corrected chi connectivity index (χ2v) is 5.38. The second kappa shape index (κ2) is 7.04. The molecule has 0 fully saturated rings. The molecule has 0 unspecified atom stereocenters. The lowest BCUT2D eigenvalue weighted by molar-refractivity contribution is -0.384. The molecule has 2 aromatic rings. The minimum Gasteiger partial charge on any atom is -0.483 e. The summed E-state index contributed by atoms with van der Waals surface area (Å²) in [5.74, 6) is 0.290. The highest BCUT2D eigenvalue weighted by Gasteiger charge is 2.11. The van der Waals surface area contributed by atoms with E-state index in [0.717, 1.165) is 5.56 Å². The van der Waals surface area contributed by atoms with Gasteiger partial charge in [0, 0.05) is 16.6 Å². The van der Waals surface area contributed by atoms with Gasteiger partial charge < -0.3 is 10.1 Å². The lowest BCUT2D eigenvalue weighted by Crippen LogP contribution is -2.20. The fourth-order valence-electron chi connectivity index (χ4n) is 1.77. The van der Waals surface area contributed by atoms with Gasteiger partial charge in [0.15, 0.2) is 6.61 Å². The molecule has 1 amide bonds. The molecule has 0 aliphatic rings. The number of amides is 1. The van der Waals surface area contributed by atoms with Gasteiger partial charge in [0.1, 0.15) is 5.75 Å². The average Bonchev–Trinajstić information content (AvgIpc) is 2.48. The number of ether oxygens (including phenoxy) is 1. The number of nitro benzene ring substituents is 1. The Morgan fingerprint density at radius 1 is 1.32 bits per heavy atom. The van der Waals surface area contributed by atoms with Crippen molar-refractivity contribution in [2.24, 2.45) is 0 Å². The first-order valence-corrected chi connectivity index (χ1v) is 7.19. The number of non-ortho nitro benzene ring substituents is 1. The molecule has 6 nitrogen and oxygen atoms in total. The third-order valence-corrected chi connectivity index (χ3v) is 3.55. The fraction of sp³-hybridized carbons (Fsp3) is 0.133. The molecule has 2 rings (SSSR count). The molecule has 0 spiro atoms. The van der Waals surface area contributed by atoms with Crippen molar-refractivity contribution in [2.75, 3.05) is 11.9 Å². The summed E-state index contributed by atoms with van der Waals surface area (Å²) in [5, 5.41) is 13.3. The standard InChI is InChI=1S/C15H13BrN2O4/c1-10-4-2-3-5-14(10)22-9-15(19)17-13-7-6-11(18(20)21)8-12(13)16/h2-8H,9H2,1H3,(H,17,19). The molecule has 0 atom stereocenters. The van der Waals surface area contributed by atoms with Gasteiger partial charge in [0.05, 0.1) is 10.6 Å². The maximum atomic E-state index is 11.9. The molecular weight excluding hydrogens is 352 g/mol. The summed E-state index contributed by atoms with van der Waals surface area (Å²) >= 11 is 3.19. The highest BCUT2D eigenvalue weighted by atomic mass is 79.9. The van der Waals surface area contributed by atoms with E-state index in [0.29, 0.717) is 15.9 Å². The van der Waals surface area contributed by atoms with E-state index in [4.69, 9.17) is 4.74 Å². The maximum absolute atomic E-state index is 11.9. The van der Waals surface area contributed by atoms with Crippen molar-refractivity contribution in [3.05, 3.63) is 62.6 Å². The zero-order valence-corrected chi connectivity index (χ0v) is 13.3. The first-order chi connectivity index (χ1) is 10.5. The van der Waals surface area contributed by atoms with Crippen LogP contribution in [-0.2, 0) is 4.79 Å². The van der Waals surface area contributed by atoms with Gasteiger partial charge in [-0.3, -0.25) is 14.9 Å². The van der Waals surface area contributed by atoms with Crippen LogP contribution in [0.25, 0.3) is 0 Å². The Labute approximate surface area is 135 Å². The van der Waals surface area contributed by atoms with E-state index in [-0.39, 0.29) is 18.2 Å². The summed E-state index contributed by atoms with van der Waals surface area (Å²) in [6.45, 7) is 1.74. The van der Waals surface area contributed by atoms with Gasteiger partial charge in [-0.2, -0.15) is 0 Å². The summed E-state index contributed by atoms with van der Waals surface area (Å²) in [6.07, 6.45) is 0. The number of carbonyl (C=O) groups excluding carboxylic acids is 1. The number of halogens is 1. The number of anilines is 1. The van der Waals surface area contributed by atoms with Gasteiger partial charge in [-0.05, 0) is 40.5 Å². The summed E-state index contributed by atoms with van der Waals surface area (Å²) in [5.41, 5.74) is 1.33. The van der Waals surface area contributed by atoms with E-state index in [2.05, 4.69) is 21.2 Å². The molecule has 0 aliphatic heterocycles. The molecule has 0 heterocycles. The number of hydrogen-bond donors (Lipinski definition) is 1. The van der Waals surface area contributed by atoms with E-state index < -0.39 is 4.92 Å². The van der Waals surface area contributed by atoms with Crippen LogP contribution in [-0.4, -0.2) is 17.4 Å². The normalized spacial score (nSPS) is 10.1. The van der Waals surface area contributed by atoms with Crippen LogP contribution in [0.3, 0.4) is 0 Å². The van der Waals surface area contributed by atoms with Crippen LogP contribution in [0.5, 0.6) is 5.75 Å². The number of nitrogens with zero attached hydrogens (tertiary/aromatic N) is 1. The Morgan fingerprint density at radius 2 is 2.05 bits per heavy atom. The van der Waals surface area contributed by atoms with Crippen LogP contribution in [0.1, 0.15) is 5.56 Å². The number of nitrogens with one attached hydrogen (secondary N) is 1. The van der Waals surface area contributed by atoms with Gasteiger partial charge in [-0.1, -0.05) is 18.2 Å². The zero-order valence-electron chi connectivity index (χ0n) is 11.7. The number of para-hydroxylation sites is 1. The molecule has 0 aromatic heterocycles. The van der Waals surface area contributed by atoms with Crippen molar-refractivity contribution in [3.8, 4) is 5.75 Å². The van der Waals surface area contributed by atoms with Gasteiger partial charge >= 0.3 is 0 Å². The summed E-state index contributed by atoms with van der Waals surface area (Å²) in [7, 11) is 0. The van der Waals surface area contributed by atoms with Crippen molar-refractivity contribution < 1.29 is 14.5 Å². The van der Waals surface area contributed by atoms with Gasteiger partial charge in [-0.15, -0.1) is 0 Å². The van der Waals surface area contributed by atoms with Crippen LogP contribution >= 0.6 is 15.9 Å². The monoisotopic (exact) mass is 364 g/mol. The first kappa shape index (κ1) is 16.0. The first-order valence-electron chi connectivity index (χ1n) is 6.39. The highest BCUT2D eigenvalue weighted by Crippen LogP contribution is 2.27. The van der Waals surface area contributed by atoms with E-state index in [1.165, 1.54) is 18.2 Å². The van der Waals surface area contributed by atoms with Crippen LogP contribution in [0.4, 0.5) is 11.4 Å². The Hall–Kier alpha value is -2.41. The molecule has 0 saturated heterocycles. The van der Waals surface area contributed by atoms with Gasteiger partial charge in [-0.25, -0.2) is 0 Å².